The van der Waals surface area contributed by atoms with E-state index in [4.69, 9.17) is 14.2 Å². The van der Waals surface area contributed by atoms with Crippen molar-refractivity contribution in [3.63, 3.8) is 0 Å². The molecule has 1 N–H and O–H groups in total. The molecule has 1 aliphatic carbocycles. The summed E-state index contributed by atoms with van der Waals surface area (Å²) >= 11 is 0. The molecule has 35 heavy (non-hydrogen) atoms. The fraction of sp³-hybridized carbons (Fsp3) is 0.379. The molecule has 6 nitrogen and oxygen atoms in total. The lowest BCUT2D eigenvalue weighted by Gasteiger charge is -2.34. The first-order valence-electron chi connectivity index (χ1n) is 12.4. The summed E-state index contributed by atoms with van der Waals surface area (Å²) in [5, 5.41) is 3.35. The predicted octanol–water partition coefficient (Wildman–Crippen LogP) is 4.96. The van der Waals surface area contributed by atoms with Crippen LogP contribution in [0.4, 0.5) is 0 Å². The van der Waals surface area contributed by atoms with E-state index < -0.39 is 11.9 Å². The fourth-order valence-corrected chi connectivity index (χ4v) is 5.17. The largest absolute Gasteiger partial charge is 0.489 e. The molecule has 1 saturated heterocycles. The molecule has 2 atom stereocenters. The van der Waals surface area contributed by atoms with Gasteiger partial charge >= 0.3 is 5.97 Å². The van der Waals surface area contributed by atoms with Gasteiger partial charge in [-0.1, -0.05) is 48.5 Å². The number of rotatable bonds is 7. The van der Waals surface area contributed by atoms with Gasteiger partial charge in [0.25, 0.3) is 0 Å². The molecule has 5 rings (SSSR count). The molecular weight excluding hydrogens is 442 g/mol. The molecule has 0 amide bonds. The van der Waals surface area contributed by atoms with Crippen LogP contribution in [0, 0.1) is 0 Å². The topological polar surface area (TPSA) is 73.9 Å². The van der Waals surface area contributed by atoms with Crippen molar-refractivity contribution in [1.82, 2.24) is 5.32 Å². The fourth-order valence-electron chi connectivity index (χ4n) is 5.17. The third-order valence-electron chi connectivity index (χ3n) is 6.89. The third-order valence-corrected chi connectivity index (χ3v) is 6.89. The monoisotopic (exact) mass is 473 g/mol. The van der Waals surface area contributed by atoms with Crippen molar-refractivity contribution >= 4 is 11.8 Å². The van der Waals surface area contributed by atoms with Gasteiger partial charge in [-0.25, -0.2) is 4.79 Å². The molecule has 0 spiro atoms. The average Bonchev–Trinajstić information content (AvgIpc) is 3.40. The number of Topliss-reactive ketones (excluding diaryl/α,β-unsaturated/α-hetero) is 1. The molecule has 2 heterocycles. The van der Waals surface area contributed by atoms with Crippen LogP contribution < -0.4 is 10.1 Å². The van der Waals surface area contributed by atoms with E-state index in [1.165, 1.54) is 0 Å². The smallest absolute Gasteiger partial charge is 0.336 e. The van der Waals surface area contributed by atoms with Gasteiger partial charge in [0.1, 0.15) is 19.0 Å². The first-order valence-corrected chi connectivity index (χ1v) is 12.4. The Morgan fingerprint density at radius 1 is 1.06 bits per heavy atom. The van der Waals surface area contributed by atoms with Gasteiger partial charge in [0.2, 0.25) is 0 Å². The molecule has 2 aromatic rings. The molecule has 0 radical (unpaired) electrons. The minimum atomic E-state index is -0.539. The zero-order valence-electron chi connectivity index (χ0n) is 20.0. The van der Waals surface area contributed by atoms with Gasteiger partial charge in [0.05, 0.1) is 17.6 Å². The Balaban J connectivity index is 1.50. The summed E-state index contributed by atoms with van der Waals surface area (Å²) in [6.45, 7) is 3.19. The average molecular weight is 474 g/mol. The predicted molar refractivity (Wildman–Crippen MR) is 132 cm³/mol. The molecular formula is C29H31NO5. The minimum Gasteiger partial charge on any atom is -0.489 e. The van der Waals surface area contributed by atoms with E-state index in [-0.39, 0.29) is 18.5 Å². The Morgan fingerprint density at radius 2 is 1.86 bits per heavy atom. The SMILES string of the molecule is CC1=C(C(=O)OC[C@H]2CCCO2)[C@H](c2ccccc2OCc2ccccc2)C2=C(CCCC2=O)N1. The maximum Gasteiger partial charge on any atom is 0.336 e. The highest BCUT2D eigenvalue weighted by Gasteiger charge is 2.40. The summed E-state index contributed by atoms with van der Waals surface area (Å²) in [6.07, 6.45) is 3.85. The van der Waals surface area contributed by atoms with Crippen LogP contribution in [0.1, 0.15) is 56.1 Å². The summed E-state index contributed by atoms with van der Waals surface area (Å²) in [7, 11) is 0. The van der Waals surface area contributed by atoms with Crippen LogP contribution >= 0.6 is 0 Å². The normalized spacial score (nSPS) is 22.0. The number of allylic oxidation sites excluding steroid dienone is 3. The van der Waals surface area contributed by atoms with Gasteiger partial charge in [-0.2, -0.15) is 0 Å². The molecule has 6 heteroatoms. The standard InChI is InChI=1S/C29H31NO5/c1-19-26(29(32)35-18-21-11-8-16-33-21)27(28-23(30-19)13-7-14-24(28)31)22-12-5-6-15-25(22)34-17-20-9-3-2-4-10-20/h2-6,9-10,12,15,21,27,30H,7-8,11,13-14,16-18H2,1H3/t21-,27+/m1/s1. The van der Waals surface area contributed by atoms with E-state index in [1.54, 1.807) is 0 Å². The number of dihydropyridines is 1. The van der Waals surface area contributed by atoms with Crippen LogP contribution in [0.2, 0.25) is 0 Å². The summed E-state index contributed by atoms with van der Waals surface area (Å²) in [5.41, 5.74) is 4.59. The summed E-state index contributed by atoms with van der Waals surface area (Å²) < 4.78 is 17.6. The van der Waals surface area contributed by atoms with Crippen molar-refractivity contribution in [2.24, 2.45) is 0 Å². The second-order valence-electron chi connectivity index (χ2n) is 9.31. The molecule has 0 unspecified atom stereocenters. The van der Waals surface area contributed by atoms with Crippen molar-refractivity contribution in [2.45, 2.75) is 57.7 Å². The second kappa shape index (κ2) is 10.5. The number of benzene rings is 2. The molecule has 0 saturated carbocycles. The quantitative estimate of drug-likeness (QED) is 0.574. The van der Waals surface area contributed by atoms with Gasteiger partial charge in [-0.3, -0.25) is 4.79 Å². The first kappa shape index (κ1) is 23.4. The summed E-state index contributed by atoms with van der Waals surface area (Å²) in [5.74, 6) is -0.231. The summed E-state index contributed by atoms with van der Waals surface area (Å²) in [6, 6.07) is 17.6. The lowest BCUT2D eigenvalue weighted by atomic mass is 9.75. The van der Waals surface area contributed by atoms with Crippen molar-refractivity contribution in [1.29, 1.82) is 0 Å². The van der Waals surface area contributed by atoms with E-state index in [9.17, 15) is 9.59 Å². The van der Waals surface area contributed by atoms with E-state index in [0.717, 1.165) is 48.2 Å². The van der Waals surface area contributed by atoms with Crippen LogP contribution in [0.5, 0.6) is 5.75 Å². The number of nitrogens with one attached hydrogen (secondary N) is 1. The number of ketones is 1. The molecule has 0 bridgehead atoms. The number of ether oxygens (including phenoxy) is 3. The number of carbonyl (C=O) groups excluding carboxylic acids is 2. The maximum absolute atomic E-state index is 13.5. The number of hydrogen-bond donors (Lipinski definition) is 1. The van der Waals surface area contributed by atoms with Crippen molar-refractivity contribution in [2.75, 3.05) is 13.2 Å². The molecule has 2 aromatic carbocycles. The Morgan fingerprint density at radius 3 is 2.66 bits per heavy atom. The second-order valence-corrected chi connectivity index (χ2v) is 9.31. The number of para-hydroxylation sites is 1. The Hall–Kier alpha value is -3.38. The number of esters is 1. The molecule has 182 valence electrons. The van der Waals surface area contributed by atoms with E-state index >= 15 is 0 Å². The van der Waals surface area contributed by atoms with Crippen molar-refractivity contribution in [3.8, 4) is 5.75 Å². The number of carbonyl (C=O) groups is 2. The molecule has 2 aliphatic heterocycles. The zero-order chi connectivity index (χ0) is 24.2. The highest BCUT2D eigenvalue weighted by molar-refractivity contribution is 6.04. The van der Waals surface area contributed by atoms with Crippen molar-refractivity contribution < 1.29 is 23.8 Å². The Bertz CT molecular complexity index is 1160. The maximum atomic E-state index is 13.5. The molecule has 3 aliphatic rings. The van der Waals surface area contributed by atoms with Crippen LogP contribution in [-0.4, -0.2) is 31.1 Å². The van der Waals surface area contributed by atoms with E-state index in [1.807, 2.05) is 61.5 Å². The lowest BCUT2D eigenvalue weighted by Crippen LogP contribution is -2.35. The highest BCUT2D eigenvalue weighted by atomic mass is 16.6. The zero-order valence-corrected chi connectivity index (χ0v) is 20.0. The van der Waals surface area contributed by atoms with Crippen LogP contribution in [0.3, 0.4) is 0 Å². The van der Waals surface area contributed by atoms with E-state index in [0.29, 0.717) is 36.5 Å². The van der Waals surface area contributed by atoms with Crippen LogP contribution in [0.15, 0.2) is 77.1 Å². The van der Waals surface area contributed by atoms with Gasteiger partial charge in [-0.05, 0) is 44.2 Å². The molecule has 0 aromatic heterocycles. The van der Waals surface area contributed by atoms with Crippen molar-refractivity contribution in [3.05, 3.63) is 88.3 Å². The Labute approximate surface area is 206 Å². The summed E-state index contributed by atoms with van der Waals surface area (Å²) in [4.78, 5) is 26.7. The lowest BCUT2D eigenvalue weighted by molar-refractivity contribution is -0.142. The van der Waals surface area contributed by atoms with Gasteiger partial charge in [-0.15, -0.1) is 0 Å². The molecule has 1 fully saturated rings. The Kier molecular flexibility index (Phi) is 7.00. The van der Waals surface area contributed by atoms with E-state index in [2.05, 4.69) is 5.32 Å². The minimum absolute atomic E-state index is 0.0672. The van der Waals surface area contributed by atoms with Crippen LogP contribution in [0.25, 0.3) is 0 Å². The third kappa shape index (κ3) is 5.03. The van der Waals surface area contributed by atoms with Gasteiger partial charge in [0.15, 0.2) is 5.78 Å². The highest BCUT2D eigenvalue weighted by Crippen LogP contribution is 2.45. The van der Waals surface area contributed by atoms with Gasteiger partial charge in [0, 0.05) is 35.6 Å². The van der Waals surface area contributed by atoms with Gasteiger partial charge < -0.3 is 19.5 Å². The van der Waals surface area contributed by atoms with Crippen LogP contribution in [-0.2, 0) is 25.7 Å². The first-order chi connectivity index (χ1) is 17.1. The number of hydrogen-bond acceptors (Lipinski definition) is 6.